The van der Waals surface area contributed by atoms with Gasteiger partial charge in [-0.05, 0) is 31.2 Å². The van der Waals surface area contributed by atoms with Crippen LogP contribution in [0.5, 0.6) is 0 Å². The third-order valence-corrected chi connectivity index (χ3v) is 5.66. The molecule has 0 spiro atoms. The van der Waals surface area contributed by atoms with Gasteiger partial charge in [0, 0.05) is 21.8 Å². The number of aromatic nitrogens is 2. The first-order valence-electron chi connectivity index (χ1n) is 8.19. The lowest BCUT2D eigenvalue weighted by molar-refractivity contribution is 0.914. The summed E-state index contributed by atoms with van der Waals surface area (Å²) in [6.45, 7) is 2.70. The summed E-state index contributed by atoms with van der Waals surface area (Å²) in [5.41, 5.74) is 12.9. The molecule has 0 amide bonds. The van der Waals surface area contributed by atoms with E-state index in [1.807, 2.05) is 0 Å². The maximum atomic E-state index is 5.91. The van der Waals surface area contributed by atoms with E-state index in [9.17, 15) is 0 Å². The number of aryl methyl sites for hydroxylation is 1. The molecule has 0 aliphatic carbocycles. The first kappa shape index (κ1) is 16.5. The third kappa shape index (κ3) is 3.03. The van der Waals surface area contributed by atoms with Crippen LogP contribution in [0.3, 0.4) is 0 Å². The maximum Gasteiger partial charge on any atom is 0.194 e. The van der Waals surface area contributed by atoms with Gasteiger partial charge in [-0.1, -0.05) is 57.9 Å². The fraction of sp³-hybridized carbons (Fsp3) is 0.150. The van der Waals surface area contributed by atoms with E-state index in [4.69, 9.17) is 10.7 Å². The zero-order valence-electron chi connectivity index (χ0n) is 13.9. The number of imidazole rings is 1. The summed E-state index contributed by atoms with van der Waals surface area (Å²) >= 11 is 5.17. The van der Waals surface area contributed by atoms with Gasteiger partial charge in [0.25, 0.3) is 0 Å². The molecule has 0 saturated heterocycles. The number of fused-ring (bicyclic) bond motifs is 1. The second kappa shape index (κ2) is 6.75. The van der Waals surface area contributed by atoms with Crippen LogP contribution >= 0.6 is 27.3 Å². The number of hydrogen-bond acceptors (Lipinski definition) is 3. The van der Waals surface area contributed by atoms with E-state index in [0.717, 1.165) is 27.1 Å². The lowest BCUT2D eigenvalue weighted by Gasteiger charge is -2.07. The Hall–Kier alpha value is -1.95. The summed E-state index contributed by atoms with van der Waals surface area (Å²) in [6, 6.07) is 16.9. The first-order valence-corrected chi connectivity index (χ1v) is 9.86. The van der Waals surface area contributed by atoms with Crippen molar-refractivity contribution in [1.82, 2.24) is 9.38 Å². The minimum absolute atomic E-state index is 0.598. The Bertz CT molecular complexity index is 1010. The van der Waals surface area contributed by atoms with Crippen LogP contribution in [0.2, 0.25) is 0 Å². The predicted molar refractivity (Wildman–Crippen MR) is 109 cm³/mol. The van der Waals surface area contributed by atoms with Gasteiger partial charge in [0.15, 0.2) is 4.96 Å². The van der Waals surface area contributed by atoms with Crippen LogP contribution in [-0.4, -0.2) is 15.9 Å². The summed E-state index contributed by atoms with van der Waals surface area (Å²) in [5.74, 6) is 0. The molecule has 2 N–H and O–H groups in total. The van der Waals surface area contributed by atoms with E-state index in [0.29, 0.717) is 6.54 Å². The zero-order chi connectivity index (χ0) is 17.4. The standard InChI is InChI=1S/C20H18BrN3S/c1-13-2-4-14(5-3-13)18-12-25-20-23-19(17(10-11-22)24(18)20)15-6-8-16(21)9-7-15/h2-9,12H,10-11,22H2,1H3. The first-order chi connectivity index (χ1) is 12.2. The van der Waals surface area contributed by atoms with Gasteiger partial charge < -0.3 is 5.73 Å². The molecule has 2 aromatic carbocycles. The topological polar surface area (TPSA) is 43.3 Å². The molecule has 0 aliphatic rings. The fourth-order valence-electron chi connectivity index (χ4n) is 3.05. The number of benzene rings is 2. The number of rotatable bonds is 4. The average Bonchev–Trinajstić information content (AvgIpc) is 3.17. The molecule has 3 nitrogen and oxygen atoms in total. The molecule has 2 aromatic heterocycles. The molecule has 25 heavy (non-hydrogen) atoms. The van der Waals surface area contributed by atoms with Crippen LogP contribution in [0.1, 0.15) is 11.3 Å². The Labute approximate surface area is 159 Å². The van der Waals surface area contributed by atoms with Crippen LogP contribution in [0.15, 0.2) is 58.4 Å². The summed E-state index contributed by atoms with van der Waals surface area (Å²) in [6.07, 6.45) is 0.794. The normalized spacial score (nSPS) is 11.3. The monoisotopic (exact) mass is 411 g/mol. The molecule has 0 saturated carbocycles. The Balaban J connectivity index is 1.92. The lowest BCUT2D eigenvalue weighted by Crippen LogP contribution is -2.06. The molecule has 5 heteroatoms. The van der Waals surface area contributed by atoms with Gasteiger partial charge in [0.2, 0.25) is 0 Å². The Kier molecular flexibility index (Phi) is 4.46. The van der Waals surface area contributed by atoms with Gasteiger partial charge >= 0.3 is 0 Å². The van der Waals surface area contributed by atoms with Crippen LogP contribution < -0.4 is 5.73 Å². The Morgan fingerprint density at radius 2 is 1.72 bits per heavy atom. The molecule has 0 bridgehead atoms. The van der Waals surface area contributed by atoms with E-state index in [1.165, 1.54) is 22.5 Å². The fourth-order valence-corrected chi connectivity index (χ4v) is 4.23. The summed E-state index contributed by atoms with van der Waals surface area (Å²) in [5, 5.41) is 2.18. The van der Waals surface area contributed by atoms with Crippen molar-refractivity contribution in [3.63, 3.8) is 0 Å². The van der Waals surface area contributed by atoms with Gasteiger partial charge in [-0.15, -0.1) is 11.3 Å². The molecule has 0 unspecified atom stereocenters. The molecule has 0 aliphatic heterocycles. The van der Waals surface area contributed by atoms with Crippen LogP contribution in [-0.2, 0) is 6.42 Å². The zero-order valence-corrected chi connectivity index (χ0v) is 16.3. The minimum atomic E-state index is 0.598. The summed E-state index contributed by atoms with van der Waals surface area (Å²) in [7, 11) is 0. The second-order valence-corrected chi connectivity index (χ2v) is 7.81. The van der Waals surface area contributed by atoms with Gasteiger partial charge in [-0.3, -0.25) is 4.40 Å². The number of hydrogen-bond donors (Lipinski definition) is 1. The van der Waals surface area contributed by atoms with Gasteiger partial charge in [-0.2, -0.15) is 0 Å². The lowest BCUT2D eigenvalue weighted by atomic mass is 10.1. The Morgan fingerprint density at radius 1 is 1.04 bits per heavy atom. The van der Waals surface area contributed by atoms with Crippen LogP contribution in [0.4, 0.5) is 0 Å². The Morgan fingerprint density at radius 3 is 2.40 bits per heavy atom. The molecule has 2 heterocycles. The summed E-state index contributed by atoms with van der Waals surface area (Å²) in [4.78, 5) is 5.92. The maximum absolute atomic E-state index is 5.91. The smallest absolute Gasteiger partial charge is 0.194 e. The van der Waals surface area contributed by atoms with Crippen molar-refractivity contribution >= 4 is 32.2 Å². The largest absolute Gasteiger partial charge is 0.330 e. The van der Waals surface area contributed by atoms with E-state index in [-0.39, 0.29) is 0 Å². The molecule has 0 radical (unpaired) electrons. The molecule has 126 valence electrons. The highest BCUT2D eigenvalue weighted by Gasteiger charge is 2.18. The van der Waals surface area contributed by atoms with Crippen LogP contribution in [0, 0.1) is 6.92 Å². The van der Waals surface area contributed by atoms with E-state index in [1.54, 1.807) is 11.3 Å². The van der Waals surface area contributed by atoms with Crippen molar-refractivity contribution in [3.8, 4) is 22.5 Å². The van der Waals surface area contributed by atoms with Crippen molar-refractivity contribution in [3.05, 3.63) is 69.6 Å². The predicted octanol–water partition coefficient (Wildman–Crippen LogP) is 5.30. The molecule has 0 atom stereocenters. The van der Waals surface area contributed by atoms with Crippen LogP contribution in [0.25, 0.3) is 27.5 Å². The summed E-state index contributed by atoms with van der Waals surface area (Å²) < 4.78 is 3.33. The molecule has 4 rings (SSSR count). The number of nitrogens with two attached hydrogens (primary N) is 1. The molecular formula is C20H18BrN3S. The molecule has 0 fully saturated rings. The highest BCUT2D eigenvalue weighted by atomic mass is 79.9. The van der Waals surface area contributed by atoms with Gasteiger partial charge in [-0.25, -0.2) is 4.98 Å². The number of halogens is 1. The van der Waals surface area contributed by atoms with E-state index >= 15 is 0 Å². The van der Waals surface area contributed by atoms with Crippen molar-refractivity contribution in [1.29, 1.82) is 0 Å². The SMILES string of the molecule is Cc1ccc(-c2csc3nc(-c4ccc(Br)cc4)c(CCN)n23)cc1. The van der Waals surface area contributed by atoms with E-state index in [2.05, 4.69) is 81.2 Å². The average molecular weight is 412 g/mol. The number of nitrogens with zero attached hydrogens (tertiary/aromatic N) is 2. The molecule has 4 aromatic rings. The van der Waals surface area contributed by atoms with Crippen molar-refractivity contribution in [2.75, 3.05) is 6.54 Å². The van der Waals surface area contributed by atoms with Crippen molar-refractivity contribution in [2.45, 2.75) is 13.3 Å². The molecular weight excluding hydrogens is 394 g/mol. The third-order valence-electron chi connectivity index (χ3n) is 4.30. The van der Waals surface area contributed by atoms with Gasteiger partial charge in [0.1, 0.15) is 0 Å². The highest BCUT2D eigenvalue weighted by molar-refractivity contribution is 9.10. The van der Waals surface area contributed by atoms with E-state index < -0.39 is 0 Å². The van der Waals surface area contributed by atoms with Gasteiger partial charge in [0.05, 0.1) is 17.1 Å². The van der Waals surface area contributed by atoms with Crippen molar-refractivity contribution < 1.29 is 0 Å². The minimum Gasteiger partial charge on any atom is -0.330 e. The highest BCUT2D eigenvalue weighted by Crippen LogP contribution is 2.33. The van der Waals surface area contributed by atoms with Crippen molar-refractivity contribution in [2.24, 2.45) is 5.73 Å². The number of thiazole rings is 1. The second-order valence-electron chi connectivity index (χ2n) is 6.06. The quantitative estimate of drug-likeness (QED) is 0.494.